The summed E-state index contributed by atoms with van der Waals surface area (Å²) in [5.74, 6) is 1.79. The second-order valence-corrected chi connectivity index (χ2v) is 6.74. The van der Waals surface area contributed by atoms with E-state index in [1.165, 1.54) is 18.4 Å². The highest BCUT2D eigenvalue weighted by atomic mass is 16.1. The Bertz CT molecular complexity index is 543. The van der Waals surface area contributed by atoms with Crippen LogP contribution in [0.25, 0.3) is 0 Å². The number of hydrogen-bond acceptors (Lipinski definition) is 2. The fraction of sp³-hybridized carbons (Fsp3) is 0.579. The lowest BCUT2D eigenvalue weighted by Gasteiger charge is -2.22. The van der Waals surface area contributed by atoms with Gasteiger partial charge in [0.15, 0.2) is 0 Å². The van der Waals surface area contributed by atoms with Crippen molar-refractivity contribution in [2.24, 2.45) is 17.8 Å². The van der Waals surface area contributed by atoms with E-state index in [2.05, 4.69) is 26.8 Å². The molecule has 4 atom stereocenters. The van der Waals surface area contributed by atoms with Crippen LogP contribution in [0.2, 0.25) is 0 Å². The fourth-order valence-electron chi connectivity index (χ4n) is 3.71. The SMILES string of the molecule is CC[C@H](C)CC(C)C[C@H]1Cc2ccc(C#N)cc2C1C=O. The molecule has 0 N–H and O–H groups in total. The summed E-state index contributed by atoms with van der Waals surface area (Å²) in [5, 5.41) is 9.03. The first-order valence-corrected chi connectivity index (χ1v) is 8.07. The maximum Gasteiger partial charge on any atom is 0.127 e. The van der Waals surface area contributed by atoms with E-state index >= 15 is 0 Å². The van der Waals surface area contributed by atoms with Crippen LogP contribution in [0.3, 0.4) is 0 Å². The second-order valence-electron chi connectivity index (χ2n) is 6.74. The lowest BCUT2D eigenvalue weighted by atomic mass is 9.82. The molecule has 1 aliphatic carbocycles. The van der Waals surface area contributed by atoms with Crippen molar-refractivity contribution in [2.75, 3.05) is 0 Å². The molecular weight excluding hydrogens is 258 g/mol. The van der Waals surface area contributed by atoms with Gasteiger partial charge in [-0.05, 0) is 60.3 Å². The Kier molecular flexibility index (Phi) is 5.17. The van der Waals surface area contributed by atoms with Crippen molar-refractivity contribution in [1.82, 2.24) is 0 Å². The van der Waals surface area contributed by atoms with Crippen LogP contribution in [0, 0.1) is 29.1 Å². The number of hydrogen-bond donors (Lipinski definition) is 0. The van der Waals surface area contributed by atoms with E-state index in [-0.39, 0.29) is 5.92 Å². The fourth-order valence-corrected chi connectivity index (χ4v) is 3.71. The van der Waals surface area contributed by atoms with Gasteiger partial charge in [-0.25, -0.2) is 0 Å². The minimum absolute atomic E-state index is 0.0207. The van der Waals surface area contributed by atoms with Gasteiger partial charge < -0.3 is 4.79 Å². The number of carbonyl (C=O) groups excluding carboxylic acids is 1. The molecule has 1 aromatic carbocycles. The summed E-state index contributed by atoms with van der Waals surface area (Å²) in [6.07, 6.45) is 5.63. The van der Waals surface area contributed by atoms with Crippen LogP contribution < -0.4 is 0 Å². The molecule has 2 unspecified atom stereocenters. The molecule has 1 aliphatic rings. The van der Waals surface area contributed by atoms with E-state index < -0.39 is 0 Å². The van der Waals surface area contributed by atoms with Crippen LogP contribution in [0.4, 0.5) is 0 Å². The zero-order valence-electron chi connectivity index (χ0n) is 13.3. The Labute approximate surface area is 128 Å². The highest BCUT2D eigenvalue weighted by Gasteiger charge is 2.33. The molecule has 0 saturated carbocycles. The summed E-state index contributed by atoms with van der Waals surface area (Å²) in [6, 6.07) is 7.98. The molecule has 0 fully saturated rings. The monoisotopic (exact) mass is 283 g/mol. The predicted molar refractivity (Wildman–Crippen MR) is 85.0 cm³/mol. The Morgan fingerprint density at radius 3 is 2.76 bits per heavy atom. The summed E-state index contributed by atoms with van der Waals surface area (Å²) in [4.78, 5) is 11.6. The Morgan fingerprint density at radius 1 is 1.38 bits per heavy atom. The van der Waals surface area contributed by atoms with E-state index in [0.29, 0.717) is 17.4 Å². The lowest BCUT2D eigenvalue weighted by molar-refractivity contribution is -0.110. The third-order valence-electron chi connectivity index (χ3n) is 4.98. The summed E-state index contributed by atoms with van der Waals surface area (Å²) >= 11 is 0. The van der Waals surface area contributed by atoms with Crippen LogP contribution in [-0.2, 0) is 11.2 Å². The van der Waals surface area contributed by atoms with E-state index in [9.17, 15) is 4.79 Å². The lowest BCUT2D eigenvalue weighted by Crippen LogP contribution is -2.14. The number of nitriles is 1. The van der Waals surface area contributed by atoms with Crippen molar-refractivity contribution >= 4 is 6.29 Å². The number of aldehydes is 1. The average molecular weight is 283 g/mol. The molecular formula is C19H25NO. The Hall–Kier alpha value is -1.62. The van der Waals surface area contributed by atoms with Crippen LogP contribution in [0.15, 0.2) is 18.2 Å². The molecule has 0 spiro atoms. The molecule has 0 amide bonds. The van der Waals surface area contributed by atoms with Gasteiger partial charge in [-0.1, -0.05) is 33.3 Å². The van der Waals surface area contributed by atoms with Gasteiger partial charge in [-0.2, -0.15) is 5.26 Å². The number of benzene rings is 1. The number of nitrogens with zero attached hydrogens (tertiary/aromatic N) is 1. The zero-order chi connectivity index (χ0) is 15.4. The van der Waals surface area contributed by atoms with Gasteiger partial charge in [-0.15, -0.1) is 0 Å². The maximum atomic E-state index is 11.6. The quantitative estimate of drug-likeness (QED) is 0.722. The molecule has 2 heteroatoms. The van der Waals surface area contributed by atoms with Crippen molar-refractivity contribution in [3.8, 4) is 6.07 Å². The minimum atomic E-state index is -0.0207. The summed E-state index contributed by atoms with van der Waals surface area (Å²) in [5.41, 5.74) is 3.01. The highest BCUT2D eigenvalue weighted by molar-refractivity contribution is 5.67. The maximum absolute atomic E-state index is 11.6. The van der Waals surface area contributed by atoms with Crippen LogP contribution >= 0.6 is 0 Å². The molecule has 0 saturated heterocycles. The van der Waals surface area contributed by atoms with E-state index in [1.807, 2.05) is 18.2 Å². The first kappa shape index (κ1) is 15.8. The predicted octanol–water partition coefficient (Wildman–Crippen LogP) is 4.48. The first-order valence-electron chi connectivity index (χ1n) is 8.07. The van der Waals surface area contributed by atoms with E-state index in [0.717, 1.165) is 30.6 Å². The topological polar surface area (TPSA) is 40.9 Å². The van der Waals surface area contributed by atoms with Gasteiger partial charge in [0, 0.05) is 5.92 Å². The van der Waals surface area contributed by atoms with Gasteiger partial charge in [0.2, 0.25) is 0 Å². The van der Waals surface area contributed by atoms with Gasteiger partial charge in [0.1, 0.15) is 6.29 Å². The largest absolute Gasteiger partial charge is 0.303 e. The van der Waals surface area contributed by atoms with Crippen molar-refractivity contribution in [2.45, 2.75) is 52.4 Å². The summed E-state index contributed by atoms with van der Waals surface area (Å²) in [7, 11) is 0. The molecule has 2 nitrogen and oxygen atoms in total. The van der Waals surface area contributed by atoms with Crippen molar-refractivity contribution in [1.29, 1.82) is 5.26 Å². The molecule has 0 bridgehead atoms. The van der Waals surface area contributed by atoms with Gasteiger partial charge >= 0.3 is 0 Å². The van der Waals surface area contributed by atoms with Crippen molar-refractivity contribution < 1.29 is 4.79 Å². The smallest absolute Gasteiger partial charge is 0.127 e. The standard InChI is InChI=1S/C19H25NO/c1-4-13(2)7-14(3)8-17-10-16-6-5-15(11-20)9-18(16)19(17)12-21/h5-6,9,12-14,17,19H,4,7-8,10H2,1-3H3/t13-,14?,17-,19?/m0/s1. The van der Waals surface area contributed by atoms with Crippen molar-refractivity contribution in [3.63, 3.8) is 0 Å². The third kappa shape index (κ3) is 3.53. The number of carbonyl (C=O) groups is 1. The van der Waals surface area contributed by atoms with E-state index in [1.54, 1.807) is 0 Å². The molecule has 21 heavy (non-hydrogen) atoms. The molecule has 112 valence electrons. The molecule has 1 aromatic rings. The first-order chi connectivity index (χ1) is 10.1. The Morgan fingerprint density at radius 2 is 2.14 bits per heavy atom. The minimum Gasteiger partial charge on any atom is -0.303 e. The molecule has 0 radical (unpaired) electrons. The Balaban J connectivity index is 2.10. The van der Waals surface area contributed by atoms with Gasteiger partial charge in [0.25, 0.3) is 0 Å². The van der Waals surface area contributed by atoms with Crippen molar-refractivity contribution in [3.05, 3.63) is 34.9 Å². The molecule has 0 aliphatic heterocycles. The summed E-state index contributed by atoms with van der Waals surface area (Å²) in [6.45, 7) is 6.84. The second kappa shape index (κ2) is 6.89. The van der Waals surface area contributed by atoms with Gasteiger partial charge in [-0.3, -0.25) is 0 Å². The molecule has 0 aromatic heterocycles. The third-order valence-corrected chi connectivity index (χ3v) is 4.98. The average Bonchev–Trinajstić information content (AvgIpc) is 2.82. The number of fused-ring (bicyclic) bond motifs is 1. The molecule has 0 heterocycles. The van der Waals surface area contributed by atoms with Gasteiger partial charge in [0.05, 0.1) is 11.6 Å². The van der Waals surface area contributed by atoms with Crippen LogP contribution in [0.5, 0.6) is 0 Å². The number of rotatable bonds is 6. The van der Waals surface area contributed by atoms with Crippen LogP contribution in [0.1, 0.15) is 62.6 Å². The molecule has 2 rings (SSSR count). The van der Waals surface area contributed by atoms with E-state index in [4.69, 9.17) is 5.26 Å². The van der Waals surface area contributed by atoms with Crippen LogP contribution in [-0.4, -0.2) is 6.29 Å². The summed E-state index contributed by atoms with van der Waals surface area (Å²) < 4.78 is 0. The zero-order valence-corrected chi connectivity index (χ0v) is 13.3. The highest BCUT2D eigenvalue weighted by Crippen LogP contribution is 2.41. The normalized spacial score (nSPS) is 23.1.